The Hall–Kier alpha value is -2.66. The molecule has 2 aromatic carbocycles. The average Bonchev–Trinajstić information content (AvgIpc) is 3.64. The van der Waals surface area contributed by atoms with Crippen LogP contribution >= 0.6 is 35.0 Å². The number of pyridine rings is 1. The van der Waals surface area contributed by atoms with Crippen molar-refractivity contribution in [3.63, 3.8) is 0 Å². The molecule has 12 heteroatoms. The number of H-pyrrole nitrogens is 1. The molecule has 6 nitrogen and oxygen atoms in total. The number of thioether (sulfide) groups is 1. The summed E-state index contributed by atoms with van der Waals surface area (Å²) in [7, 11) is 0. The number of rotatable bonds is 10. The Morgan fingerprint density at radius 2 is 1.81 bits per heavy atom. The van der Waals surface area contributed by atoms with Crippen LogP contribution in [0, 0.1) is 11.7 Å². The van der Waals surface area contributed by atoms with Crippen molar-refractivity contribution in [1.29, 1.82) is 0 Å². The van der Waals surface area contributed by atoms with E-state index >= 15 is 0 Å². The van der Waals surface area contributed by atoms with E-state index < -0.39 is 23.8 Å². The van der Waals surface area contributed by atoms with Crippen LogP contribution < -0.4 is 14.5 Å². The molecule has 1 aliphatic carbocycles. The van der Waals surface area contributed by atoms with E-state index in [1.807, 2.05) is 0 Å². The lowest BCUT2D eigenvalue weighted by atomic mass is 10.0. The van der Waals surface area contributed by atoms with E-state index in [1.165, 1.54) is 48.8 Å². The Labute approximate surface area is 225 Å². The van der Waals surface area contributed by atoms with Gasteiger partial charge in [-0.15, -0.1) is 0 Å². The van der Waals surface area contributed by atoms with Crippen molar-refractivity contribution in [3.8, 4) is 11.5 Å². The van der Waals surface area contributed by atoms with Crippen LogP contribution in [-0.4, -0.2) is 24.0 Å². The minimum absolute atomic E-state index is 0. The number of ether oxygens (including phenoxy) is 3. The van der Waals surface area contributed by atoms with Crippen molar-refractivity contribution in [2.45, 2.75) is 36.9 Å². The smallest absolute Gasteiger partial charge is 0.387 e. The van der Waals surface area contributed by atoms with Crippen LogP contribution in [0.2, 0.25) is 10.0 Å². The van der Waals surface area contributed by atoms with Gasteiger partial charge in [-0.1, -0.05) is 35.3 Å². The first-order chi connectivity index (χ1) is 17.3. The van der Waals surface area contributed by atoms with Gasteiger partial charge in [-0.2, -0.15) is 8.78 Å². The van der Waals surface area contributed by atoms with Gasteiger partial charge in [-0.25, -0.2) is 14.2 Å². The van der Waals surface area contributed by atoms with E-state index in [2.05, 4.69) is 9.72 Å². The fraction of sp³-hybridized carbons (Fsp3) is 0.280. The molecular weight excluding hydrogens is 554 g/mol. The maximum absolute atomic E-state index is 13.6. The molecule has 2 N–H and O–H groups in total. The highest BCUT2D eigenvalue weighted by atomic mass is 35.5. The van der Waals surface area contributed by atoms with Crippen LogP contribution in [0.1, 0.15) is 30.1 Å². The highest BCUT2D eigenvalue weighted by Gasteiger charge is 2.26. The SMILES string of the molecule is O=C(O[C@@H](Cc1c(Cl)c[nH+]cc1Cl)c1ccc(OC(F)F)c(OCC2CC2)c1)Sc1cccc(F)c1.[OH-]. The molecule has 0 spiro atoms. The number of carbonyl (C=O) groups excluding carboxylic acids is 1. The molecule has 1 aliphatic rings. The number of aromatic nitrogens is 1. The molecule has 1 heterocycles. The molecule has 0 aliphatic heterocycles. The zero-order valence-electron chi connectivity index (χ0n) is 19.1. The highest BCUT2D eigenvalue weighted by Crippen LogP contribution is 2.38. The van der Waals surface area contributed by atoms with E-state index in [-0.39, 0.29) is 23.4 Å². The summed E-state index contributed by atoms with van der Waals surface area (Å²) in [5.41, 5.74) is 0.967. The van der Waals surface area contributed by atoms with Crippen LogP contribution in [0.15, 0.2) is 59.8 Å². The maximum Gasteiger partial charge on any atom is 0.387 e. The Kier molecular flexibility index (Phi) is 10.3. The molecule has 0 amide bonds. The van der Waals surface area contributed by atoms with Gasteiger partial charge in [0.05, 0.1) is 6.61 Å². The summed E-state index contributed by atoms with van der Waals surface area (Å²) in [5, 5.41) is -0.0536. The molecule has 0 saturated heterocycles. The second-order valence-corrected chi connectivity index (χ2v) is 9.91. The summed E-state index contributed by atoms with van der Waals surface area (Å²) in [5.74, 6) is -0.144. The predicted molar refractivity (Wildman–Crippen MR) is 131 cm³/mol. The first-order valence-corrected chi connectivity index (χ1v) is 12.5. The maximum atomic E-state index is 13.6. The summed E-state index contributed by atoms with van der Waals surface area (Å²) in [6, 6.07) is 9.87. The fourth-order valence-corrected chi connectivity index (χ4v) is 4.58. The normalized spacial score (nSPS) is 13.6. The predicted octanol–water partition coefficient (Wildman–Crippen LogP) is 7.37. The van der Waals surface area contributed by atoms with Gasteiger partial charge < -0.3 is 19.7 Å². The molecule has 1 aromatic heterocycles. The minimum Gasteiger partial charge on any atom is -0.870 e. The summed E-state index contributed by atoms with van der Waals surface area (Å²) >= 11 is 13.3. The lowest BCUT2D eigenvalue weighted by Crippen LogP contribution is -2.14. The van der Waals surface area contributed by atoms with Gasteiger partial charge in [-0.05, 0) is 66.4 Å². The number of halogens is 5. The zero-order valence-corrected chi connectivity index (χ0v) is 21.5. The minimum atomic E-state index is -3.03. The lowest BCUT2D eigenvalue weighted by Gasteiger charge is -2.21. The van der Waals surface area contributed by atoms with Gasteiger partial charge in [0.1, 0.15) is 22.0 Å². The first-order valence-electron chi connectivity index (χ1n) is 11.0. The molecule has 198 valence electrons. The Morgan fingerprint density at radius 3 is 2.46 bits per heavy atom. The fourth-order valence-electron chi connectivity index (χ4n) is 3.37. The van der Waals surface area contributed by atoms with Gasteiger partial charge in [-0.3, -0.25) is 0 Å². The number of aromatic amines is 1. The van der Waals surface area contributed by atoms with E-state index in [1.54, 1.807) is 6.07 Å². The Balaban J connectivity index is 0.00000380. The quantitative estimate of drug-likeness (QED) is 0.185. The van der Waals surface area contributed by atoms with Crippen molar-refractivity contribution in [1.82, 2.24) is 0 Å². The summed E-state index contributed by atoms with van der Waals surface area (Å²) in [4.78, 5) is 15.9. The molecule has 37 heavy (non-hydrogen) atoms. The number of nitrogens with one attached hydrogen (secondary N) is 1. The largest absolute Gasteiger partial charge is 0.870 e. The van der Waals surface area contributed by atoms with Crippen molar-refractivity contribution < 1.29 is 42.6 Å². The second kappa shape index (κ2) is 13.2. The van der Waals surface area contributed by atoms with Gasteiger partial charge >= 0.3 is 11.9 Å². The van der Waals surface area contributed by atoms with Crippen molar-refractivity contribution in [3.05, 3.63) is 81.8 Å². The van der Waals surface area contributed by atoms with Crippen LogP contribution in [0.3, 0.4) is 0 Å². The molecule has 0 bridgehead atoms. The van der Waals surface area contributed by atoms with Crippen molar-refractivity contribution >= 4 is 40.3 Å². The summed E-state index contributed by atoms with van der Waals surface area (Å²) < 4.78 is 55.6. The first kappa shape index (κ1) is 28.9. The number of alkyl halides is 2. The van der Waals surface area contributed by atoms with Crippen molar-refractivity contribution in [2.75, 3.05) is 6.61 Å². The second-order valence-electron chi connectivity index (χ2n) is 8.09. The number of benzene rings is 2. The molecule has 0 radical (unpaired) electrons. The molecule has 4 rings (SSSR count). The number of carbonyl (C=O) groups is 1. The third-order valence-electron chi connectivity index (χ3n) is 5.35. The van der Waals surface area contributed by atoms with E-state index in [0.29, 0.717) is 50.4 Å². The topological polar surface area (TPSA) is 88.9 Å². The number of hydrogen-bond acceptors (Lipinski definition) is 6. The van der Waals surface area contributed by atoms with Crippen molar-refractivity contribution in [2.24, 2.45) is 5.92 Å². The standard InChI is InChI=1S/C25H20Cl2F3NO4S.H2O/c26-19-11-31-12-20(27)18(19)10-22(35-25(32)36-17-3-1-2-16(28)9-17)15-6-7-21(34-24(29)30)23(8-15)33-13-14-4-5-14;/h1-3,6-9,11-12,14,22,24H,4-5,10,13H2;1H2/t22-;/m0./s1. The van der Waals surface area contributed by atoms with Gasteiger partial charge in [0, 0.05) is 16.9 Å². The van der Waals surface area contributed by atoms with E-state index in [4.69, 9.17) is 32.7 Å². The van der Waals surface area contributed by atoms with Crippen LogP contribution in [0.25, 0.3) is 0 Å². The molecular formula is C25H22Cl2F3NO5S. The zero-order chi connectivity index (χ0) is 25.7. The Bertz CT molecular complexity index is 1210. The van der Waals surface area contributed by atoms with Gasteiger partial charge in [0.15, 0.2) is 23.9 Å². The molecule has 0 unspecified atom stereocenters. The van der Waals surface area contributed by atoms with Crippen LogP contribution in [-0.2, 0) is 11.2 Å². The average molecular weight is 576 g/mol. The molecule has 1 fully saturated rings. The lowest BCUT2D eigenvalue weighted by molar-refractivity contribution is -0.377. The monoisotopic (exact) mass is 575 g/mol. The van der Waals surface area contributed by atoms with E-state index in [0.717, 1.165) is 12.8 Å². The van der Waals surface area contributed by atoms with E-state index in [9.17, 15) is 18.0 Å². The van der Waals surface area contributed by atoms with Gasteiger partial charge in [0.25, 0.3) is 0 Å². The third-order valence-corrected chi connectivity index (χ3v) is 6.78. The highest BCUT2D eigenvalue weighted by molar-refractivity contribution is 8.13. The van der Waals surface area contributed by atoms with Crippen LogP contribution in [0.4, 0.5) is 18.0 Å². The van der Waals surface area contributed by atoms with Gasteiger partial charge in [0.2, 0.25) is 0 Å². The summed E-state index contributed by atoms with van der Waals surface area (Å²) in [6.07, 6.45) is 4.24. The molecule has 1 saturated carbocycles. The molecule has 3 aromatic rings. The summed E-state index contributed by atoms with van der Waals surface area (Å²) in [6.45, 7) is -2.68. The third kappa shape index (κ3) is 8.43. The number of hydrogen-bond donors (Lipinski definition) is 0. The molecule has 1 atom stereocenters. The Morgan fingerprint density at radius 1 is 1.08 bits per heavy atom. The van der Waals surface area contributed by atoms with Crippen LogP contribution in [0.5, 0.6) is 11.5 Å².